The van der Waals surface area contributed by atoms with Gasteiger partial charge in [0, 0.05) is 6.04 Å². The highest BCUT2D eigenvalue weighted by atomic mass is 16.5. The number of para-hydroxylation sites is 2. The average Bonchev–Trinajstić information content (AvgIpc) is 3.21. The molecule has 0 bridgehead atoms. The molecule has 0 heterocycles. The van der Waals surface area contributed by atoms with Crippen molar-refractivity contribution in [3.05, 3.63) is 59.2 Å². The van der Waals surface area contributed by atoms with Gasteiger partial charge in [0.05, 0.1) is 11.3 Å². The minimum absolute atomic E-state index is 0.00542. The molecular formula is C22H24N2O5. The lowest BCUT2D eigenvalue weighted by Crippen LogP contribution is -2.33. The Labute approximate surface area is 169 Å². The largest absolute Gasteiger partial charge is 0.507 e. The van der Waals surface area contributed by atoms with Crippen LogP contribution in [-0.4, -0.2) is 35.5 Å². The molecule has 2 aromatic rings. The van der Waals surface area contributed by atoms with E-state index in [1.807, 2.05) is 0 Å². The number of phenols is 1. The first-order chi connectivity index (χ1) is 14.0. The number of nitrogens with one attached hydrogen (secondary N) is 2. The van der Waals surface area contributed by atoms with Crippen molar-refractivity contribution in [2.75, 3.05) is 11.9 Å². The first-order valence-electron chi connectivity index (χ1n) is 9.61. The van der Waals surface area contributed by atoms with E-state index in [1.54, 1.807) is 43.3 Å². The molecule has 0 saturated heterocycles. The number of ether oxygens (including phenoxy) is 1. The van der Waals surface area contributed by atoms with E-state index in [1.165, 1.54) is 6.07 Å². The van der Waals surface area contributed by atoms with Crippen LogP contribution in [0, 0.1) is 6.92 Å². The monoisotopic (exact) mass is 396 g/mol. The first kappa shape index (κ1) is 20.4. The zero-order valence-corrected chi connectivity index (χ0v) is 16.2. The van der Waals surface area contributed by atoms with Crippen molar-refractivity contribution in [2.24, 2.45) is 0 Å². The zero-order chi connectivity index (χ0) is 20.8. The Balaban J connectivity index is 1.60. The van der Waals surface area contributed by atoms with Gasteiger partial charge in [-0.05, 0) is 43.5 Å². The van der Waals surface area contributed by atoms with E-state index in [0.29, 0.717) is 16.8 Å². The highest BCUT2D eigenvalue weighted by Gasteiger charge is 2.21. The molecule has 1 aliphatic carbocycles. The molecule has 3 rings (SSSR count). The van der Waals surface area contributed by atoms with Gasteiger partial charge in [0.2, 0.25) is 0 Å². The third-order valence-corrected chi connectivity index (χ3v) is 4.93. The van der Waals surface area contributed by atoms with Crippen molar-refractivity contribution < 1.29 is 24.2 Å². The van der Waals surface area contributed by atoms with Crippen molar-refractivity contribution >= 4 is 23.5 Å². The smallest absolute Gasteiger partial charge is 0.342 e. The summed E-state index contributed by atoms with van der Waals surface area (Å²) in [4.78, 5) is 36.9. The van der Waals surface area contributed by atoms with Crippen molar-refractivity contribution in [3.63, 3.8) is 0 Å². The van der Waals surface area contributed by atoms with E-state index >= 15 is 0 Å². The molecule has 0 aromatic heterocycles. The van der Waals surface area contributed by atoms with Gasteiger partial charge in [-0.25, -0.2) is 4.79 Å². The minimum atomic E-state index is -0.798. The third-order valence-electron chi connectivity index (χ3n) is 4.93. The number of aromatic hydroxyl groups is 1. The van der Waals surface area contributed by atoms with Gasteiger partial charge in [-0.15, -0.1) is 0 Å². The maximum atomic E-state index is 12.5. The molecule has 3 N–H and O–H groups in total. The first-order valence-corrected chi connectivity index (χ1v) is 9.61. The number of hydrogen-bond donors (Lipinski definition) is 3. The molecule has 0 unspecified atom stereocenters. The second-order valence-electron chi connectivity index (χ2n) is 7.10. The Hall–Kier alpha value is -3.35. The number of anilines is 1. The van der Waals surface area contributed by atoms with Crippen LogP contribution in [-0.2, 0) is 9.53 Å². The van der Waals surface area contributed by atoms with Gasteiger partial charge in [0.25, 0.3) is 11.8 Å². The lowest BCUT2D eigenvalue weighted by atomic mass is 10.1. The predicted molar refractivity (Wildman–Crippen MR) is 108 cm³/mol. The molecule has 7 nitrogen and oxygen atoms in total. The van der Waals surface area contributed by atoms with Gasteiger partial charge in [-0.1, -0.05) is 37.1 Å². The molecular weight excluding hydrogens is 372 g/mol. The quantitative estimate of drug-likeness (QED) is 0.651. The van der Waals surface area contributed by atoms with Crippen LogP contribution in [0.4, 0.5) is 5.69 Å². The fourth-order valence-corrected chi connectivity index (χ4v) is 3.34. The summed E-state index contributed by atoms with van der Waals surface area (Å²) in [6.07, 6.45) is 4.13. The number of amides is 2. The maximum Gasteiger partial charge on any atom is 0.342 e. The van der Waals surface area contributed by atoms with Gasteiger partial charge in [0.1, 0.15) is 11.3 Å². The van der Waals surface area contributed by atoms with Crippen LogP contribution in [0.1, 0.15) is 52.0 Å². The van der Waals surface area contributed by atoms with Crippen LogP contribution >= 0.6 is 0 Å². The number of phenolic OH excluding ortho intramolecular Hbond substituents is 1. The van der Waals surface area contributed by atoms with Crippen LogP contribution in [0.15, 0.2) is 42.5 Å². The summed E-state index contributed by atoms with van der Waals surface area (Å²) in [7, 11) is 0. The molecule has 1 aliphatic rings. The fraction of sp³-hybridized carbons (Fsp3) is 0.318. The number of carbonyl (C=O) groups excluding carboxylic acids is 3. The number of esters is 1. The van der Waals surface area contributed by atoms with E-state index in [4.69, 9.17) is 4.74 Å². The Morgan fingerprint density at radius 2 is 1.72 bits per heavy atom. The molecule has 0 atom stereocenters. The minimum Gasteiger partial charge on any atom is -0.507 e. The second-order valence-corrected chi connectivity index (χ2v) is 7.10. The van der Waals surface area contributed by atoms with Crippen LogP contribution in [0.5, 0.6) is 5.75 Å². The topological polar surface area (TPSA) is 105 Å². The van der Waals surface area contributed by atoms with Crippen molar-refractivity contribution in [3.8, 4) is 5.75 Å². The molecule has 29 heavy (non-hydrogen) atoms. The highest BCUT2D eigenvalue weighted by Crippen LogP contribution is 2.22. The second kappa shape index (κ2) is 9.23. The molecule has 2 amide bonds. The fourth-order valence-electron chi connectivity index (χ4n) is 3.34. The Morgan fingerprint density at radius 3 is 2.48 bits per heavy atom. The Morgan fingerprint density at radius 1 is 1.03 bits per heavy atom. The lowest BCUT2D eigenvalue weighted by Gasteiger charge is -2.15. The summed E-state index contributed by atoms with van der Waals surface area (Å²) >= 11 is 0. The SMILES string of the molecule is Cc1cccc(C(=O)OCC(=O)Nc2ccccc2C(=O)NC2CCCC2)c1O. The number of carbonyl (C=O) groups is 3. The van der Waals surface area contributed by atoms with Gasteiger partial charge in [-0.2, -0.15) is 0 Å². The number of hydrogen-bond acceptors (Lipinski definition) is 5. The number of aryl methyl sites for hydroxylation is 1. The van der Waals surface area contributed by atoms with Gasteiger partial charge < -0.3 is 20.5 Å². The molecule has 152 valence electrons. The van der Waals surface area contributed by atoms with Gasteiger partial charge in [0.15, 0.2) is 6.61 Å². The van der Waals surface area contributed by atoms with Crippen molar-refractivity contribution in [1.29, 1.82) is 0 Å². The third kappa shape index (κ3) is 5.13. The Kier molecular flexibility index (Phi) is 6.49. The molecule has 1 saturated carbocycles. The normalized spacial score (nSPS) is 13.7. The van der Waals surface area contributed by atoms with E-state index in [2.05, 4.69) is 10.6 Å². The van der Waals surface area contributed by atoms with Crippen LogP contribution in [0.3, 0.4) is 0 Å². The molecule has 0 aliphatic heterocycles. The number of benzene rings is 2. The molecule has 0 radical (unpaired) electrons. The predicted octanol–water partition coefficient (Wildman–Crippen LogP) is 3.17. The van der Waals surface area contributed by atoms with Crippen molar-refractivity contribution in [1.82, 2.24) is 5.32 Å². The summed E-state index contributed by atoms with van der Waals surface area (Å²) in [6, 6.07) is 11.5. The lowest BCUT2D eigenvalue weighted by molar-refractivity contribution is -0.119. The van der Waals surface area contributed by atoms with Crippen LogP contribution < -0.4 is 10.6 Å². The van der Waals surface area contributed by atoms with E-state index in [0.717, 1.165) is 25.7 Å². The summed E-state index contributed by atoms with van der Waals surface area (Å²) in [5.74, 6) is -1.79. The molecule has 7 heteroatoms. The maximum absolute atomic E-state index is 12.5. The highest BCUT2D eigenvalue weighted by molar-refractivity contribution is 6.04. The van der Waals surface area contributed by atoms with Crippen molar-refractivity contribution in [2.45, 2.75) is 38.6 Å². The Bertz CT molecular complexity index is 919. The summed E-state index contributed by atoms with van der Waals surface area (Å²) in [5.41, 5.74) is 1.23. The molecule has 1 fully saturated rings. The molecule has 0 spiro atoms. The summed E-state index contributed by atoms with van der Waals surface area (Å²) in [6.45, 7) is 1.12. The zero-order valence-electron chi connectivity index (χ0n) is 16.2. The standard InChI is InChI=1S/C22H24N2O5/c1-14-7-6-11-17(20(14)26)22(28)29-13-19(25)24-18-12-5-4-10-16(18)21(27)23-15-8-2-3-9-15/h4-7,10-12,15,26H,2-3,8-9,13H2,1H3,(H,23,27)(H,24,25). The van der Waals surface area contributed by atoms with Gasteiger partial charge in [-0.3, -0.25) is 9.59 Å². The van der Waals surface area contributed by atoms with E-state index < -0.39 is 18.5 Å². The summed E-state index contributed by atoms with van der Waals surface area (Å²) in [5, 5.41) is 15.5. The number of rotatable bonds is 6. The van der Waals surface area contributed by atoms with Crippen LogP contribution in [0.2, 0.25) is 0 Å². The summed E-state index contributed by atoms with van der Waals surface area (Å²) < 4.78 is 4.99. The molecule has 2 aromatic carbocycles. The van der Waals surface area contributed by atoms with Gasteiger partial charge >= 0.3 is 5.97 Å². The van der Waals surface area contributed by atoms with E-state index in [9.17, 15) is 19.5 Å². The average molecular weight is 396 g/mol. The van der Waals surface area contributed by atoms with E-state index in [-0.39, 0.29) is 23.3 Å². The van der Waals surface area contributed by atoms with Crippen LogP contribution in [0.25, 0.3) is 0 Å².